The number of hydrogen-bond acceptors (Lipinski definition) is 4. The van der Waals surface area contributed by atoms with Crippen LogP contribution in [0.25, 0.3) is 10.9 Å². The number of anilines is 1. The van der Waals surface area contributed by atoms with Crippen molar-refractivity contribution in [3.05, 3.63) is 94.4 Å². The number of carbonyl (C=O) groups is 1. The Bertz CT molecular complexity index is 1400. The highest BCUT2D eigenvalue weighted by atomic mass is 35.5. The predicted molar refractivity (Wildman–Crippen MR) is 118 cm³/mol. The van der Waals surface area contributed by atoms with Crippen molar-refractivity contribution in [3.8, 4) is 0 Å². The second-order valence-electron chi connectivity index (χ2n) is 6.99. The quantitative estimate of drug-likeness (QED) is 0.468. The van der Waals surface area contributed by atoms with Gasteiger partial charge in [0.15, 0.2) is 0 Å². The maximum Gasteiger partial charge on any atom is 0.260 e. The van der Waals surface area contributed by atoms with Gasteiger partial charge in [-0.15, -0.1) is 0 Å². The zero-order valence-electron chi connectivity index (χ0n) is 16.3. The molecule has 0 atom stereocenters. The van der Waals surface area contributed by atoms with Crippen LogP contribution in [0.15, 0.2) is 66.9 Å². The first-order chi connectivity index (χ1) is 14.8. The van der Waals surface area contributed by atoms with E-state index in [1.807, 2.05) is 19.1 Å². The minimum atomic E-state index is -3.82. The van der Waals surface area contributed by atoms with Gasteiger partial charge < -0.3 is 5.32 Å². The van der Waals surface area contributed by atoms with Crippen molar-refractivity contribution in [3.63, 3.8) is 0 Å². The highest BCUT2D eigenvalue weighted by Crippen LogP contribution is 2.24. The molecule has 0 saturated carbocycles. The van der Waals surface area contributed by atoms with Crippen molar-refractivity contribution >= 4 is 44.1 Å². The number of benzene rings is 3. The average molecular weight is 458 g/mol. The fraction of sp³-hybridized carbons (Fsp3) is 0.0909. The summed E-state index contributed by atoms with van der Waals surface area (Å²) in [5.41, 5.74) is 1.82. The standard InChI is InChI=1S/C22H17ClFN3O3S/c1-14-5-2-3-6-16(14)13-31(29,30)27-20-11-17(10-9-15(20)12-25-27)26-22(28)21-18(23)7-4-8-19(21)24/h2-12H,13H2,1H3,(H,26,28). The molecule has 0 aliphatic rings. The third-order valence-electron chi connectivity index (χ3n) is 4.85. The summed E-state index contributed by atoms with van der Waals surface area (Å²) in [4.78, 5) is 12.5. The molecule has 31 heavy (non-hydrogen) atoms. The molecule has 158 valence electrons. The summed E-state index contributed by atoms with van der Waals surface area (Å²) in [6, 6.07) is 15.8. The van der Waals surface area contributed by atoms with Gasteiger partial charge in [0.2, 0.25) is 0 Å². The van der Waals surface area contributed by atoms with Crippen LogP contribution in [0.4, 0.5) is 10.1 Å². The molecule has 0 bridgehead atoms. The summed E-state index contributed by atoms with van der Waals surface area (Å²) in [6.07, 6.45) is 1.43. The number of hydrogen-bond donors (Lipinski definition) is 1. The van der Waals surface area contributed by atoms with Crippen molar-refractivity contribution in [2.45, 2.75) is 12.7 Å². The molecule has 4 aromatic rings. The Morgan fingerprint density at radius 1 is 1.13 bits per heavy atom. The summed E-state index contributed by atoms with van der Waals surface area (Å²) in [7, 11) is -3.82. The molecule has 1 N–H and O–H groups in total. The summed E-state index contributed by atoms with van der Waals surface area (Å²) < 4.78 is 41.0. The lowest BCUT2D eigenvalue weighted by Crippen LogP contribution is -2.17. The third kappa shape index (κ3) is 4.17. The number of aromatic nitrogens is 2. The average Bonchev–Trinajstić information content (AvgIpc) is 3.14. The number of halogens is 2. The third-order valence-corrected chi connectivity index (χ3v) is 6.66. The van der Waals surface area contributed by atoms with Crippen molar-refractivity contribution in [2.75, 3.05) is 5.32 Å². The van der Waals surface area contributed by atoms with Crippen LogP contribution in [0.5, 0.6) is 0 Å². The molecule has 1 heterocycles. The van der Waals surface area contributed by atoms with E-state index in [1.54, 1.807) is 24.3 Å². The second kappa shape index (κ2) is 8.13. The molecule has 1 aromatic heterocycles. The summed E-state index contributed by atoms with van der Waals surface area (Å²) in [6.45, 7) is 1.84. The molecule has 0 radical (unpaired) electrons. The molecule has 0 fully saturated rings. The van der Waals surface area contributed by atoms with Crippen molar-refractivity contribution < 1.29 is 17.6 Å². The zero-order chi connectivity index (χ0) is 22.2. The van der Waals surface area contributed by atoms with E-state index in [0.717, 1.165) is 15.7 Å². The number of rotatable bonds is 5. The van der Waals surface area contributed by atoms with E-state index in [-0.39, 0.29) is 22.0 Å². The molecule has 1 amide bonds. The van der Waals surface area contributed by atoms with E-state index in [1.165, 1.54) is 24.4 Å². The van der Waals surface area contributed by atoms with Gasteiger partial charge in [-0.2, -0.15) is 9.19 Å². The fourth-order valence-corrected chi connectivity index (χ4v) is 4.97. The number of fused-ring (bicyclic) bond motifs is 1. The second-order valence-corrected chi connectivity index (χ2v) is 9.20. The summed E-state index contributed by atoms with van der Waals surface area (Å²) in [5.74, 6) is -1.72. The Morgan fingerprint density at radius 2 is 1.90 bits per heavy atom. The minimum Gasteiger partial charge on any atom is -0.322 e. The van der Waals surface area contributed by atoms with Crippen LogP contribution in [0.2, 0.25) is 5.02 Å². The first-order valence-corrected chi connectivity index (χ1v) is 11.3. The van der Waals surface area contributed by atoms with Gasteiger partial charge in [-0.05, 0) is 48.4 Å². The normalized spacial score (nSPS) is 11.6. The first kappa shape index (κ1) is 21.0. The van der Waals surface area contributed by atoms with Gasteiger partial charge in [0, 0.05) is 11.1 Å². The molecule has 3 aromatic carbocycles. The topological polar surface area (TPSA) is 81.1 Å². The zero-order valence-corrected chi connectivity index (χ0v) is 17.9. The summed E-state index contributed by atoms with van der Waals surface area (Å²) in [5, 5.41) is 7.15. The van der Waals surface area contributed by atoms with Crippen LogP contribution < -0.4 is 5.32 Å². The largest absolute Gasteiger partial charge is 0.322 e. The maximum atomic E-state index is 14.0. The van der Waals surface area contributed by atoms with Crippen molar-refractivity contribution in [2.24, 2.45) is 0 Å². The van der Waals surface area contributed by atoms with Crippen molar-refractivity contribution in [1.82, 2.24) is 9.19 Å². The smallest absolute Gasteiger partial charge is 0.260 e. The number of nitrogens with zero attached hydrogens (tertiary/aromatic N) is 2. The van der Waals surface area contributed by atoms with Gasteiger partial charge >= 0.3 is 0 Å². The Labute approximate surface area is 183 Å². The molecule has 9 heteroatoms. The van der Waals surface area contributed by atoms with E-state index < -0.39 is 21.7 Å². The monoisotopic (exact) mass is 457 g/mol. The first-order valence-electron chi connectivity index (χ1n) is 9.27. The van der Waals surface area contributed by atoms with Crippen LogP contribution in [0.1, 0.15) is 21.5 Å². The van der Waals surface area contributed by atoms with Gasteiger partial charge in [-0.25, -0.2) is 12.8 Å². The van der Waals surface area contributed by atoms with Crippen LogP contribution in [0.3, 0.4) is 0 Å². The summed E-state index contributed by atoms with van der Waals surface area (Å²) >= 11 is 5.95. The van der Waals surface area contributed by atoms with E-state index in [4.69, 9.17) is 11.6 Å². The number of nitrogens with one attached hydrogen (secondary N) is 1. The molecular weight excluding hydrogens is 441 g/mol. The van der Waals surface area contributed by atoms with Crippen LogP contribution in [-0.2, 0) is 15.8 Å². The van der Waals surface area contributed by atoms with E-state index in [9.17, 15) is 17.6 Å². The fourth-order valence-electron chi connectivity index (χ4n) is 3.23. The van der Waals surface area contributed by atoms with E-state index >= 15 is 0 Å². The molecule has 0 saturated heterocycles. The molecule has 0 aliphatic heterocycles. The Balaban J connectivity index is 1.68. The number of carbonyl (C=O) groups excluding carboxylic acids is 1. The van der Waals surface area contributed by atoms with E-state index in [0.29, 0.717) is 16.5 Å². The van der Waals surface area contributed by atoms with Crippen LogP contribution in [-0.4, -0.2) is 23.5 Å². The number of aryl methyl sites for hydroxylation is 1. The van der Waals surface area contributed by atoms with Gasteiger partial charge in [-0.3, -0.25) is 4.79 Å². The lowest BCUT2D eigenvalue weighted by molar-refractivity contribution is 0.102. The van der Waals surface area contributed by atoms with Gasteiger partial charge in [0.1, 0.15) is 5.82 Å². The van der Waals surface area contributed by atoms with Crippen LogP contribution >= 0.6 is 11.6 Å². The van der Waals surface area contributed by atoms with Crippen LogP contribution in [0, 0.1) is 12.7 Å². The molecule has 0 unspecified atom stereocenters. The molecule has 6 nitrogen and oxygen atoms in total. The van der Waals surface area contributed by atoms with Gasteiger partial charge in [0.25, 0.3) is 15.9 Å². The SMILES string of the molecule is Cc1ccccc1CS(=O)(=O)n1ncc2ccc(NC(=O)c3c(F)cccc3Cl)cc21. The predicted octanol–water partition coefficient (Wildman–Crippen LogP) is 4.77. The Morgan fingerprint density at radius 3 is 2.65 bits per heavy atom. The molecule has 0 spiro atoms. The number of amides is 1. The highest BCUT2D eigenvalue weighted by Gasteiger charge is 2.21. The highest BCUT2D eigenvalue weighted by molar-refractivity contribution is 7.89. The lowest BCUT2D eigenvalue weighted by atomic mass is 10.1. The lowest BCUT2D eigenvalue weighted by Gasteiger charge is -2.10. The Kier molecular flexibility index (Phi) is 5.51. The van der Waals surface area contributed by atoms with E-state index in [2.05, 4.69) is 10.4 Å². The molecule has 4 rings (SSSR count). The molecule has 0 aliphatic carbocycles. The maximum absolute atomic E-state index is 14.0. The Hall–Kier alpha value is -3.23. The molecular formula is C22H17ClFN3O3S. The minimum absolute atomic E-state index is 0.0237. The van der Waals surface area contributed by atoms with Gasteiger partial charge in [0.05, 0.1) is 28.1 Å². The van der Waals surface area contributed by atoms with Crippen molar-refractivity contribution in [1.29, 1.82) is 0 Å². The van der Waals surface area contributed by atoms with Gasteiger partial charge in [-0.1, -0.05) is 41.9 Å².